The first-order valence-electron chi connectivity index (χ1n) is 8.46. The largest absolute Gasteiger partial charge is 0.345 e. The Kier molecular flexibility index (Phi) is 5.40. The van der Waals surface area contributed by atoms with Crippen molar-refractivity contribution < 1.29 is 0 Å². The number of piperidine rings is 1. The van der Waals surface area contributed by atoms with Gasteiger partial charge in [0, 0.05) is 45.3 Å². The summed E-state index contributed by atoms with van der Waals surface area (Å²) in [5.74, 6) is 0. The molecule has 6 nitrogen and oxygen atoms in total. The highest BCUT2D eigenvalue weighted by molar-refractivity contribution is 7.80. The van der Waals surface area contributed by atoms with Crippen molar-refractivity contribution in [1.29, 1.82) is 0 Å². The van der Waals surface area contributed by atoms with Crippen LogP contribution in [-0.2, 0) is 0 Å². The van der Waals surface area contributed by atoms with Crippen molar-refractivity contribution >= 4 is 28.8 Å². The van der Waals surface area contributed by atoms with Crippen molar-refractivity contribution in [3.63, 3.8) is 0 Å². The van der Waals surface area contributed by atoms with E-state index in [1.807, 2.05) is 6.20 Å². The van der Waals surface area contributed by atoms with Gasteiger partial charge in [-0.3, -0.25) is 15.3 Å². The van der Waals surface area contributed by atoms with E-state index in [4.69, 9.17) is 12.2 Å². The van der Waals surface area contributed by atoms with E-state index >= 15 is 0 Å². The zero-order chi connectivity index (χ0) is 16.2. The molecule has 0 radical (unpaired) electrons. The van der Waals surface area contributed by atoms with Crippen molar-refractivity contribution in [2.24, 2.45) is 10.1 Å². The van der Waals surface area contributed by atoms with Crippen LogP contribution in [0.25, 0.3) is 0 Å². The van der Waals surface area contributed by atoms with Gasteiger partial charge >= 0.3 is 0 Å². The van der Waals surface area contributed by atoms with Crippen molar-refractivity contribution in [3.05, 3.63) is 12.3 Å². The molecule has 3 aliphatic rings. The lowest BCUT2D eigenvalue weighted by molar-refractivity contribution is 0.189. The predicted molar refractivity (Wildman–Crippen MR) is 99.1 cm³/mol. The van der Waals surface area contributed by atoms with E-state index in [1.165, 1.54) is 0 Å². The fraction of sp³-hybridized carbons (Fsp3) is 0.688. The molecule has 0 aromatic carbocycles. The Morgan fingerprint density at radius 2 is 2.13 bits per heavy atom. The van der Waals surface area contributed by atoms with E-state index in [1.54, 1.807) is 0 Å². The van der Waals surface area contributed by atoms with Crippen LogP contribution in [0, 0.1) is 0 Å². The minimum Gasteiger partial charge on any atom is -0.345 e. The molecule has 23 heavy (non-hydrogen) atoms. The standard InChI is InChI=1S/C16H26N6S/c1-3-21-9-11-22(12-10-21)16(23)19-18-13-6-8-20(2)14-5-4-7-17-15(13)14/h4,7,14H,3,5-6,8-12H2,1-2H3,(H,19,23)/b18-13-. The van der Waals surface area contributed by atoms with Gasteiger partial charge in [-0.15, -0.1) is 0 Å². The van der Waals surface area contributed by atoms with Gasteiger partial charge in [0.25, 0.3) is 0 Å². The van der Waals surface area contributed by atoms with E-state index in [9.17, 15) is 0 Å². The first kappa shape index (κ1) is 16.5. The minimum absolute atomic E-state index is 0.357. The number of hydrogen-bond donors (Lipinski definition) is 1. The molecule has 3 heterocycles. The minimum atomic E-state index is 0.357. The van der Waals surface area contributed by atoms with Crippen LogP contribution in [0.15, 0.2) is 22.4 Å². The Balaban J connectivity index is 1.60. The maximum Gasteiger partial charge on any atom is 0.189 e. The quantitative estimate of drug-likeness (QED) is 0.601. The summed E-state index contributed by atoms with van der Waals surface area (Å²) in [5.41, 5.74) is 5.24. The molecule has 1 atom stereocenters. The van der Waals surface area contributed by atoms with Crippen LogP contribution in [0.3, 0.4) is 0 Å². The summed E-state index contributed by atoms with van der Waals surface area (Å²) in [6.07, 6.45) is 5.94. The smallest absolute Gasteiger partial charge is 0.189 e. The normalized spacial score (nSPS) is 27.7. The van der Waals surface area contributed by atoms with Gasteiger partial charge in [0.2, 0.25) is 0 Å². The molecule has 1 unspecified atom stereocenters. The number of nitrogens with one attached hydrogen (secondary N) is 1. The number of aliphatic imine (C=N–C) groups is 1. The Morgan fingerprint density at radius 1 is 1.35 bits per heavy atom. The number of piperazine rings is 1. The number of hydrogen-bond acceptors (Lipinski definition) is 5. The van der Waals surface area contributed by atoms with E-state index < -0.39 is 0 Å². The summed E-state index contributed by atoms with van der Waals surface area (Å²) in [4.78, 5) is 11.6. The molecule has 0 aliphatic carbocycles. The van der Waals surface area contributed by atoms with Crippen molar-refractivity contribution in [1.82, 2.24) is 20.1 Å². The third-order valence-corrected chi connectivity index (χ3v) is 5.27. The maximum absolute atomic E-state index is 5.51. The molecular weight excluding hydrogens is 308 g/mol. The number of likely N-dealkylation sites (tertiary alicyclic amines) is 1. The van der Waals surface area contributed by atoms with Crippen LogP contribution in [0.5, 0.6) is 0 Å². The monoisotopic (exact) mass is 334 g/mol. The molecular formula is C16H26N6S. The number of nitrogens with zero attached hydrogens (tertiary/aromatic N) is 5. The molecule has 7 heteroatoms. The Morgan fingerprint density at radius 3 is 2.87 bits per heavy atom. The number of rotatable bonds is 2. The summed E-state index contributed by atoms with van der Waals surface area (Å²) in [6, 6.07) is 0.357. The summed E-state index contributed by atoms with van der Waals surface area (Å²) < 4.78 is 0. The second-order valence-corrected chi connectivity index (χ2v) is 6.66. The number of fused-ring (bicyclic) bond motifs is 1. The molecule has 2 fully saturated rings. The Labute approximate surface area is 143 Å². The van der Waals surface area contributed by atoms with Gasteiger partial charge in [0.1, 0.15) is 0 Å². The van der Waals surface area contributed by atoms with Gasteiger partial charge in [-0.05, 0) is 32.2 Å². The lowest BCUT2D eigenvalue weighted by Crippen LogP contribution is -2.52. The highest BCUT2D eigenvalue weighted by atomic mass is 32.1. The Bertz CT molecular complexity index is 533. The summed E-state index contributed by atoms with van der Waals surface area (Å²) in [6.45, 7) is 8.41. The van der Waals surface area contributed by atoms with Crippen LogP contribution >= 0.6 is 12.2 Å². The van der Waals surface area contributed by atoms with Gasteiger partial charge in [0.05, 0.1) is 17.5 Å². The molecule has 0 aromatic rings. The molecule has 3 rings (SSSR count). The van der Waals surface area contributed by atoms with Crippen LogP contribution in [-0.4, -0.2) is 83.6 Å². The topological polar surface area (TPSA) is 46.5 Å². The lowest BCUT2D eigenvalue weighted by Gasteiger charge is -2.36. The zero-order valence-corrected chi connectivity index (χ0v) is 14.8. The average Bonchev–Trinajstić information content (AvgIpc) is 2.61. The van der Waals surface area contributed by atoms with Crippen LogP contribution < -0.4 is 5.43 Å². The van der Waals surface area contributed by atoms with Gasteiger partial charge in [-0.2, -0.15) is 5.10 Å². The predicted octanol–water partition coefficient (Wildman–Crippen LogP) is 0.917. The third-order valence-electron chi connectivity index (χ3n) is 4.92. The molecule has 0 saturated carbocycles. The van der Waals surface area contributed by atoms with Gasteiger partial charge in [0.15, 0.2) is 5.11 Å². The second kappa shape index (κ2) is 7.51. The zero-order valence-electron chi connectivity index (χ0n) is 14.0. The van der Waals surface area contributed by atoms with Crippen molar-refractivity contribution in [2.45, 2.75) is 25.8 Å². The van der Waals surface area contributed by atoms with Gasteiger partial charge in [-0.1, -0.05) is 13.0 Å². The lowest BCUT2D eigenvalue weighted by atomic mass is 9.94. The average molecular weight is 334 g/mol. The number of thiocarbonyl (C=S) groups is 1. The Hall–Kier alpha value is -1.31. The van der Waals surface area contributed by atoms with Crippen LogP contribution in [0.1, 0.15) is 19.8 Å². The first-order chi connectivity index (χ1) is 11.2. The molecule has 1 N–H and O–H groups in total. The van der Waals surface area contributed by atoms with Crippen LogP contribution in [0.4, 0.5) is 0 Å². The SMILES string of the molecule is CCN1CCN(C(=S)N/N=C2/CCN(C)C3CC=CN=C23)CC1. The molecule has 126 valence electrons. The fourth-order valence-electron chi connectivity index (χ4n) is 3.31. The van der Waals surface area contributed by atoms with E-state index in [-0.39, 0.29) is 0 Å². The maximum atomic E-state index is 5.51. The molecule has 0 aromatic heterocycles. The van der Waals surface area contributed by atoms with Crippen molar-refractivity contribution in [3.8, 4) is 0 Å². The number of likely N-dealkylation sites (N-methyl/N-ethyl adjacent to an activating group) is 1. The highest BCUT2D eigenvalue weighted by Crippen LogP contribution is 2.18. The van der Waals surface area contributed by atoms with E-state index in [2.05, 4.69) is 50.3 Å². The molecule has 2 saturated heterocycles. The van der Waals surface area contributed by atoms with Gasteiger partial charge in [-0.25, -0.2) is 0 Å². The molecule has 3 aliphatic heterocycles. The van der Waals surface area contributed by atoms with Crippen LogP contribution in [0.2, 0.25) is 0 Å². The fourth-order valence-corrected chi connectivity index (χ4v) is 3.54. The van der Waals surface area contributed by atoms with Gasteiger partial charge < -0.3 is 9.80 Å². The summed E-state index contributed by atoms with van der Waals surface area (Å²) in [7, 11) is 2.15. The van der Waals surface area contributed by atoms with E-state index in [0.717, 1.165) is 68.6 Å². The van der Waals surface area contributed by atoms with E-state index in [0.29, 0.717) is 6.04 Å². The molecule has 0 amide bonds. The highest BCUT2D eigenvalue weighted by Gasteiger charge is 2.30. The summed E-state index contributed by atoms with van der Waals surface area (Å²) in [5, 5.41) is 5.33. The number of hydrazone groups is 1. The first-order valence-corrected chi connectivity index (χ1v) is 8.87. The summed E-state index contributed by atoms with van der Waals surface area (Å²) >= 11 is 5.51. The van der Waals surface area contributed by atoms with Crippen molar-refractivity contribution in [2.75, 3.05) is 46.3 Å². The third kappa shape index (κ3) is 3.79. The molecule has 0 spiro atoms. The molecule has 0 bridgehead atoms. The second-order valence-electron chi connectivity index (χ2n) is 6.28.